The van der Waals surface area contributed by atoms with Gasteiger partial charge in [0.25, 0.3) is 0 Å². The molecule has 1 aromatic carbocycles. The quantitative estimate of drug-likeness (QED) is 0.721. The van der Waals surface area contributed by atoms with Crippen LogP contribution < -0.4 is 0 Å². The molecular weight excluding hydrogens is 318 g/mol. The smallest absolute Gasteiger partial charge is 0.0991 e. The highest BCUT2D eigenvalue weighted by molar-refractivity contribution is 5.54. The highest BCUT2D eigenvalue weighted by Gasteiger charge is 2.42. The number of allylic oxidation sites excluding steroid dienone is 8. The topological polar surface area (TPSA) is 33.0 Å². The van der Waals surface area contributed by atoms with Crippen molar-refractivity contribution in [1.29, 1.82) is 5.26 Å². The van der Waals surface area contributed by atoms with Crippen LogP contribution in [0.1, 0.15) is 49.3 Å². The lowest BCUT2D eigenvalue weighted by Gasteiger charge is -2.44. The van der Waals surface area contributed by atoms with E-state index in [2.05, 4.69) is 61.6 Å². The molecule has 26 heavy (non-hydrogen) atoms. The third-order valence-corrected chi connectivity index (χ3v) is 5.97. The molecule has 0 saturated carbocycles. The van der Waals surface area contributed by atoms with E-state index >= 15 is 0 Å². The number of rotatable bonds is 4. The average Bonchev–Trinajstić information content (AvgIpc) is 2.69. The second-order valence-corrected chi connectivity index (χ2v) is 7.49. The normalized spacial score (nSPS) is 26.2. The number of nitrogens with zero attached hydrogens (tertiary/aromatic N) is 1. The molecule has 0 amide bonds. The fourth-order valence-electron chi connectivity index (χ4n) is 4.79. The number of nitriles is 1. The van der Waals surface area contributed by atoms with Gasteiger partial charge in [-0.1, -0.05) is 36.4 Å². The van der Waals surface area contributed by atoms with Crippen LogP contribution in [-0.4, -0.2) is 6.61 Å². The summed E-state index contributed by atoms with van der Waals surface area (Å²) in [6, 6.07) is 8.58. The van der Waals surface area contributed by atoms with Crippen molar-refractivity contribution in [1.82, 2.24) is 0 Å². The molecule has 0 unspecified atom stereocenters. The van der Waals surface area contributed by atoms with Crippen molar-refractivity contribution in [3.05, 3.63) is 82.7 Å². The fourth-order valence-corrected chi connectivity index (χ4v) is 4.79. The van der Waals surface area contributed by atoms with E-state index in [1.165, 1.54) is 16.7 Å². The Morgan fingerprint density at radius 2 is 2.23 bits per heavy atom. The van der Waals surface area contributed by atoms with E-state index in [9.17, 15) is 5.26 Å². The van der Waals surface area contributed by atoms with Crippen LogP contribution in [0.5, 0.6) is 0 Å². The Morgan fingerprint density at radius 1 is 1.31 bits per heavy atom. The summed E-state index contributed by atoms with van der Waals surface area (Å²) in [6.07, 6.45) is 18.8. The lowest BCUT2D eigenvalue weighted by Crippen LogP contribution is -2.36. The number of fused-ring (bicyclic) bond motifs is 3. The Hall–Kier alpha value is -2.53. The fraction of sp³-hybridized carbons (Fsp3) is 0.375. The molecule has 0 bridgehead atoms. The Labute approximate surface area is 156 Å². The first-order chi connectivity index (χ1) is 12.7. The van der Waals surface area contributed by atoms with Gasteiger partial charge in [0.05, 0.1) is 24.0 Å². The summed E-state index contributed by atoms with van der Waals surface area (Å²) in [6.45, 7) is 2.78. The molecule has 132 valence electrons. The average molecular weight is 343 g/mol. The van der Waals surface area contributed by atoms with Crippen LogP contribution in [0.15, 0.2) is 66.0 Å². The summed E-state index contributed by atoms with van der Waals surface area (Å²) in [5, 5.41) is 9.28. The maximum atomic E-state index is 9.28. The summed E-state index contributed by atoms with van der Waals surface area (Å²) < 4.78 is 5.84. The van der Waals surface area contributed by atoms with Gasteiger partial charge in [0.1, 0.15) is 0 Å². The minimum atomic E-state index is 0.0440. The minimum Gasteiger partial charge on any atom is -0.498 e. The van der Waals surface area contributed by atoms with Crippen molar-refractivity contribution in [3.63, 3.8) is 0 Å². The molecule has 3 aliphatic carbocycles. The Bertz CT molecular complexity index is 865. The third-order valence-electron chi connectivity index (χ3n) is 5.97. The molecule has 0 N–H and O–H groups in total. The van der Waals surface area contributed by atoms with Gasteiger partial charge in [0.15, 0.2) is 0 Å². The molecule has 0 heterocycles. The lowest BCUT2D eigenvalue weighted by molar-refractivity contribution is 0.201. The zero-order chi connectivity index (χ0) is 18.0. The van der Waals surface area contributed by atoms with E-state index in [0.717, 1.165) is 50.0 Å². The van der Waals surface area contributed by atoms with Gasteiger partial charge in [-0.2, -0.15) is 5.26 Å². The zero-order valence-corrected chi connectivity index (χ0v) is 15.4. The van der Waals surface area contributed by atoms with Crippen LogP contribution in [0, 0.1) is 17.2 Å². The molecule has 0 aliphatic heterocycles. The molecular formula is C24H25NO. The summed E-state index contributed by atoms with van der Waals surface area (Å²) in [5.41, 5.74) is 4.95. The van der Waals surface area contributed by atoms with Crippen LogP contribution in [0.2, 0.25) is 0 Å². The summed E-state index contributed by atoms with van der Waals surface area (Å²) in [5.74, 6) is 1.68. The van der Waals surface area contributed by atoms with Crippen molar-refractivity contribution >= 4 is 0 Å². The summed E-state index contributed by atoms with van der Waals surface area (Å²) >= 11 is 0. The van der Waals surface area contributed by atoms with Crippen molar-refractivity contribution < 1.29 is 4.74 Å². The third kappa shape index (κ3) is 2.92. The van der Waals surface area contributed by atoms with Crippen molar-refractivity contribution in [2.45, 2.75) is 44.4 Å². The predicted molar refractivity (Wildman–Crippen MR) is 105 cm³/mol. The molecule has 3 aliphatic rings. The first-order valence-corrected chi connectivity index (χ1v) is 9.66. The van der Waals surface area contributed by atoms with Crippen molar-refractivity contribution in [3.8, 4) is 6.07 Å². The zero-order valence-electron chi connectivity index (χ0n) is 15.4. The van der Waals surface area contributed by atoms with Gasteiger partial charge < -0.3 is 4.74 Å². The Balaban J connectivity index is 1.78. The molecule has 2 heteroatoms. The second kappa shape index (κ2) is 7.00. The van der Waals surface area contributed by atoms with Gasteiger partial charge in [0.2, 0.25) is 0 Å². The Morgan fingerprint density at radius 3 is 3.00 bits per heavy atom. The molecule has 0 aromatic heterocycles. The predicted octanol–water partition coefficient (Wildman–Crippen LogP) is 5.52. The van der Waals surface area contributed by atoms with E-state index in [0.29, 0.717) is 5.92 Å². The van der Waals surface area contributed by atoms with Gasteiger partial charge in [-0.25, -0.2) is 0 Å². The van der Waals surface area contributed by atoms with E-state index in [-0.39, 0.29) is 5.41 Å². The maximum absolute atomic E-state index is 9.28. The van der Waals surface area contributed by atoms with Gasteiger partial charge in [-0.05, 0) is 73.4 Å². The van der Waals surface area contributed by atoms with Crippen LogP contribution in [0.25, 0.3) is 0 Å². The van der Waals surface area contributed by atoms with Gasteiger partial charge in [0, 0.05) is 11.8 Å². The molecule has 0 saturated heterocycles. The van der Waals surface area contributed by atoms with Gasteiger partial charge in [-0.15, -0.1) is 0 Å². The second-order valence-electron chi connectivity index (χ2n) is 7.49. The summed E-state index contributed by atoms with van der Waals surface area (Å²) in [4.78, 5) is 0. The van der Waals surface area contributed by atoms with Crippen molar-refractivity contribution in [2.75, 3.05) is 6.61 Å². The summed E-state index contributed by atoms with van der Waals surface area (Å²) in [7, 11) is 0. The van der Waals surface area contributed by atoms with E-state index in [4.69, 9.17) is 4.74 Å². The standard InChI is InChI=1S/C24H25NO/c1-2-26-22-12-13-24(16-18-6-4-3-5-7-18)21(15-22)10-9-20-14-19(17-25)8-11-23(20)24/h3-6,8,10-11,14-15,18H,2,7,9,12-13,16H2,1H3/t18-,24-/m0/s1. The highest BCUT2D eigenvalue weighted by atomic mass is 16.5. The maximum Gasteiger partial charge on any atom is 0.0991 e. The van der Waals surface area contributed by atoms with Crippen LogP contribution in [0.3, 0.4) is 0 Å². The molecule has 0 radical (unpaired) electrons. The molecule has 1 aromatic rings. The first kappa shape index (κ1) is 16.9. The monoisotopic (exact) mass is 343 g/mol. The Kier molecular flexibility index (Phi) is 4.55. The molecule has 2 atom stereocenters. The number of hydrogen-bond donors (Lipinski definition) is 0. The number of ether oxygens (including phenoxy) is 1. The molecule has 0 spiro atoms. The van der Waals surface area contributed by atoms with Gasteiger partial charge >= 0.3 is 0 Å². The van der Waals surface area contributed by atoms with E-state index < -0.39 is 0 Å². The lowest BCUT2D eigenvalue weighted by atomic mass is 9.60. The van der Waals surface area contributed by atoms with E-state index in [1.807, 2.05) is 6.07 Å². The molecule has 2 nitrogen and oxygen atoms in total. The minimum absolute atomic E-state index is 0.0440. The number of benzene rings is 1. The molecule has 0 fully saturated rings. The largest absolute Gasteiger partial charge is 0.498 e. The van der Waals surface area contributed by atoms with E-state index in [1.54, 1.807) is 0 Å². The van der Waals surface area contributed by atoms with Crippen LogP contribution in [0.4, 0.5) is 0 Å². The SMILES string of the molecule is CCOC1=CC2=CCc3cc(C#N)ccc3[C@]2(C[C@H]2C=CC=CC2)CC1. The van der Waals surface area contributed by atoms with Crippen LogP contribution in [-0.2, 0) is 16.6 Å². The van der Waals surface area contributed by atoms with Crippen molar-refractivity contribution in [2.24, 2.45) is 5.92 Å². The first-order valence-electron chi connectivity index (χ1n) is 9.66. The molecule has 4 rings (SSSR count). The van der Waals surface area contributed by atoms with Crippen LogP contribution >= 0.6 is 0 Å². The number of hydrogen-bond acceptors (Lipinski definition) is 2. The van der Waals surface area contributed by atoms with Gasteiger partial charge in [-0.3, -0.25) is 0 Å². The highest BCUT2D eigenvalue weighted by Crippen LogP contribution is 2.51.